The van der Waals surface area contributed by atoms with E-state index in [2.05, 4.69) is 5.32 Å². The van der Waals surface area contributed by atoms with E-state index >= 15 is 0 Å². The van der Waals surface area contributed by atoms with Crippen molar-refractivity contribution in [3.8, 4) is 5.75 Å². The second-order valence-electron chi connectivity index (χ2n) is 4.22. The van der Waals surface area contributed by atoms with Crippen LogP contribution in [0.25, 0.3) is 0 Å². The number of benzene rings is 1. The molecular weight excluding hydrogens is 218 g/mol. The van der Waals surface area contributed by atoms with Gasteiger partial charge in [-0.1, -0.05) is 13.8 Å². The number of rotatable bonds is 4. The van der Waals surface area contributed by atoms with Crippen LogP contribution < -0.4 is 10.1 Å². The fourth-order valence-corrected chi connectivity index (χ4v) is 1.24. The second-order valence-corrected chi connectivity index (χ2v) is 4.22. The van der Waals surface area contributed by atoms with Gasteiger partial charge in [-0.2, -0.15) is 0 Å². The Labute approximate surface area is 101 Å². The third-order valence-electron chi connectivity index (χ3n) is 2.05. The van der Waals surface area contributed by atoms with Crippen LogP contribution in [-0.4, -0.2) is 18.4 Å². The number of carbonyl (C=O) groups is 2. The number of hydrogen-bond acceptors (Lipinski definition) is 3. The molecule has 0 radical (unpaired) electrons. The summed E-state index contributed by atoms with van der Waals surface area (Å²) in [6.07, 6.45) is 0. The maximum atomic E-state index is 11.7. The predicted octanol–water partition coefficient (Wildman–Crippen LogP) is 2.00. The van der Waals surface area contributed by atoms with E-state index in [0.29, 0.717) is 23.8 Å². The van der Waals surface area contributed by atoms with Crippen molar-refractivity contribution in [1.29, 1.82) is 0 Å². The van der Waals surface area contributed by atoms with Gasteiger partial charge in [0.05, 0.1) is 0 Å². The maximum absolute atomic E-state index is 11.7. The van der Waals surface area contributed by atoms with Gasteiger partial charge in [-0.3, -0.25) is 9.59 Å². The van der Waals surface area contributed by atoms with Gasteiger partial charge in [-0.05, 0) is 30.2 Å². The highest BCUT2D eigenvalue weighted by Crippen LogP contribution is 2.12. The van der Waals surface area contributed by atoms with Crippen LogP contribution in [0.3, 0.4) is 0 Å². The molecule has 4 heteroatoms. The zero-order valence-electron chi connectivity index (χ0n) is 10.3. The average Bonchev–Trinajstić information content (AvgIpc) is 2.26. The Kier molecular flexibility index (Phi) is 4.69. The zero-order chi connectivity index (χ0) is 12.8. The normalized spacial score (nSPS) is 10.1. The van der Waals surface area contributed by atoms with Crippen molar-refractivity contribution in [2.75, 3.05) is 6.54 Å². The van der Waals surface area contributed by atoms with Crippen LogP contribution in [0, 0.1) is 5.92 Å². The molecule has 0 aromatic heterocycles. The summed E-state index contributed by atoms with van der Waals surface area (Å²) in [4.78, 5) is 22.4. The second kappa shape index (κ2) is 6.03. The van der Waals surface area contributed by atoms with E-state index in [-0.39, 0.29) is 11.9 Å². The summed E-state index contributed by atoms with van der Waals surface area (Å²) in [5.74, 6) is 0.368. The van der Waals surface area contributed by atoms with E-state index in [9.17, 15) is 9.59 Å². The Morgan fingerprint density at radius 2 is 1.82 bits per heavy atom. The monoisotopic (exact) mass is 235 g/mol. The van der Waals surface area contributed by atoms with Crippen LogP contribution in [0.4, 0.5) is 0 Å². The molecule has 0 aliphatic rings. The lowest BCUT2D eigenvalue weighted by Gasteiger charge is -2.08. The fourth-order valence-electron chi connectivity index (χ4n) is 1.24. The molecule has 0 spiro atoms. The SMILES string of the molecule is CC(=O)Oc1ccc(C(=O)NCC(C)C)cc1. The first-order valence-corrected chi connectivity index (χ1v) is 5.55. The number of hydrogen-bond donors (Lipinski definition) is 1. The first-order chi connectivity index (χ1) is 7.99. The highest BCUT2D eigenvalue weighted by molar-refractivity contribution is 5.94. The molecule has 1 aromatic rings. The summed E-state index contributed by atoms with van der Waals surface area (Å²) in [6, 6.07) is 6.47. The van der Waals surface area contributed by atoms with Crippen molar-refractivity contribution in [3.05, 3.63) is 29.8 Å². The van der Waals surface area contributed by atoms with Gasteiger partial charge in [0.15, 0.2) is 0 Å². The third kappa shape index (κ3) is 4.68. The van der Waals surface area contributed by atoms with Crippen LogP contribution in [0.5, 0.6) is 5.75 Å². The van der Waals surface area contributed by atoms with Gasteiger partial charge in [-0.15, -0.1) is 0 Å². The molecule has 0 saturated carbocycles. The molecule has 92 valence electrons. The molecule has 1 amide bonds. The minimum absolute atomic E-state index is 0.118. The number of esters is 1. The predicted molar refractivity (Wildman–Crippen MR) is 64.9 cm³/mol. The molecule has 0 unspecified atom stereocenters. The average molecular weight is 235 g/mol. The highest BCUT2D eigenvalue weighted by Gasteiger charge is 2.06. The molecule has 1 aromatic carbocycles. The summed E-state index contributed by atoms with van der Waals surface area (Å²) >= 11 is 0. The van der Waals surface area contributed by atoms with E-state index < -0.39 is 0 Å². The lowest BCUT2D eigenvalue weighted by atomic mass is 10.2. The first kappa shape index (κ1) is 13.2. The van der Waals surface area contributed by atoms with E-state index in [1.165, 1.54) is 6.92 Å². The number of amides is 1. The summed E-state index contributed by atoms with van der Waals surface area (Å²) in [7, 11) is 0. The van der Waals surface area contributed by atoms with Gasteiger partial charge in [0.1, 0.15) is 5.75 Å². The number of nitrogens with one attached hydrogen (secondary N) is 1. The van der Waals surface area contributed by atoms with Crippen molar-refractivity contribution < 1.29 is 14.3 Å². The Bertz CT molecular complexity index is 396. The van der Waals surface area contributed by atoms with E-state index in [1.54, 1.807) is 24.3 Å². The van der Waals surface area contributed by atoms with Crippen molar-refractivity contribution in [3.63, 3.8) is 0 Å². The van der Waals surface area contributed by atoms with Crippen molar-refractivity contribution in [2.24, 2.45) is 5.92 Å². The molecular formula is C13H17NO3. The van der Waals surface area contributed by atoms with Crippen LogP contribution >= 0.6 is 0 Å². The van der Waals surface area contributed by atoms with Crippen LogP contribution in [-0.2, 0) is 4.79 Å². The molecule has 4 nitrogen and oxygen atoms in total. The van der Waals surface area contributed by atoms with Crippen LogP contribution in [0.15, 0.2) is 24.3 Å². The maximum Gasteiger partial charge on any atom is 0.308 e. The quantitative estimate of drug-likeness (QED) is 0.641. The minimum atomic E-state index is -0.373. The van der Waals surface area contributed by atoms with Gasteiger partial charge in [0.25, 0.3) is 5.91 Å². The van der Waals surface area contributed by atoms with Gasteiger partial charge >= 0.3 is 5.97 Å². The Morgan fingerprint density at radius 3 is 2.29 bits per heavy atom. The van der Waals surface area contributed by atoms with Gasteiger partial charge in [-0.25, -0.2) is 0 Å². The summed E-state index contributed by atoms with van der Waals surface area (Å²) in [6.45, 7) is 6.04. The number of carbonyl (C=O) groups excluding carboxylic acids is 2. The van der Waals surface area contributed by atoms with Crippen molar-refractivity contribution in [2.45, 2.75) is 20.8 Å². The van der Waals surface area contributed by atoms with Crippen LogP contribution in [0.1, 0.15) is 31.1 Å². The van der Waals surface area contributed by atoms with Crippen molar-refractivity contribution in [1.82, 2.24) is 5.32 Å². The molecule has 0 saturated heterocycles. The molecule has 1 N–H and O–H groups in total. The Hall–Kier alpha value is -1.84. The number of ether oxygens (including phenoxy) is 1. The molecule has 0 bridgehead atoms. The fraction of sp³-hybridized carbons (Fsp3) is 0.385. The van der Waals surface area contributed by atoms with Crippen LogP contribution in [0.2, 0.25) is 0 Å². The largest absolute Gasteiger partial charge is 0.427 e. The first-order valence-electron chi connectivity index (χ1n) is 5.55. The molecule has 0 heterocycles. The highest BCUT2D eigenvalue weighted by atomic mass is 16.5. The minimum Gasteiger partial charge on any atom is -0.427 e. The molecule has 0 atom stereocenters. The summed E-state index contributed by atoms with van der Waals surface area (Å²) < 4.78 is 4.88. The van der Waals surface area contributed by atoms with E-state index in [4.69, 9.17) is 4.74 Å². The molecule has 17 heavy (non-hydrogen) atoms. The van der Waals surface area contributed by atoms with Gasteiger partial charge in [0.2, 0.25) is 0 Å². The Balaban J connectivity index is 2.60. The van der Waals surface area contributed by atoms with E-state index in [0.717, 1.165) is 0 Å². The van der Waals surface area contributed by atoms with E-state index in [1.807, 2.05) is 13.8 Å². The molecule has 1 rings (SSSR count). The van der Waals surface area contributed by atoms with Gasteiger partial charge in [0, 0.05) is 19.0 Å². The van der Waals surface area contributed by atoms with Gasteiger partial charge < -0.3 is 10.1 Å². The standard InChI is InChI=1S/C13H17NO3/c1-9(2)8-14-13(16)11-4-6-12(7-5-11)17-10(3)15/h4-7,9H,8H2,1-3H3,(H,14,16). The lowest BCUT2D eigenvalue weighted by molar-refractivity contribution is -0.131. The topological polar surface area (TPSA) is 55.4 Å². The molecule has 0 fully saturated rings. The van der Waals surface area contributed by atoms with Crippen molar-refractivity contribution >= 4 is 11.9 Å². The third-order valence-corrected chi connectivity index (χ3v) is 2.05. The zero-order valence-corrected chi connectivity index (χ0v) is 10.3. The summed E-state index contributed by atoms with van der Waals surface area (Å²) in [5.41, 5.74) is 0.557. The smallest absolute Gasteiger partial charge is 0.308 e. The Morgan fingerprint density at radius 1 is 1.24 bits per heavy atom. The lowest BCUT2D eigenvalue weighted by Crippen LogP contribution is -2.27. The summed E-state index contributed by atoms with van der Waals surface area (Å²) in [5, 5.41) is 2.81. The molecule has 0 aliphatic heterocycles. The molecule has 0 aliphatic carbocycles.